The maximum atomic E-state index is 12.8. The van der Waals surface area contributed by atoms with Crippen LogP contribution in [0.5, 0.6) is 0 Å². The van der Waals surface area contributed by atoms with Gasteiger partial charge in [-0.3, -0.25) is 9.36 Å². The summed E-state index contributed by atoms with van der Waals surface area (Å²) in [6.45, 7) is 3.91. The van der Waals surface area contributed by atoms with E-state index in [1.165, 1.54) is 19.3 Å². The van der Waals surface area contributed by atoms with Crippen molar-refractivity contribution in [2.75, 3.05) is 0 Å². The highest BCUT2D eigenvalue weighted by Gasteiger charge is 2.22. The molecule has 0 unspecified atom stereocenters. The monoisotopic (exact) mass is 382 g/mol. The van der Waals surface area contributed by atoms with E-state index in [4.69, 9.17) is 0 Å². The Balaban J connectivity index is 1.88. The molecule has 0 aliphatic heterocycles. The predicted molar refractivity (Wildman–Crippen MR) is 103 cm³/mol. The molecule has 0 radical (unpaired) electrons. The Bertz CT molecular complexity index is 889. The fourth-order valence-electron chi connectivity index (χ4n) is 3.53. The minimum absolute atomic E-state index is 0.0139. The normalized spacial score (nSPS) is 17.7. The molecule has 0 amide bonds. The maximum Gasteiger partial charge on any atom is 0.308 e. The van der Waals surface area contributed by atoms with Crippen molar-refractivity contribution in [1.82, 2.24) is 9.29 Å². The number of nitrogens with one attached hydrogen (secondary N) is 1. The average Bonchev–Trinajstić information content (AvgIpc) is 2.84. The number of thiazole rings is 1. The van der Waals surface area contributed by atoms with Gasteiger partial charge in [-0.25, -0.2) is 13.1 Å². The second-order valence-electron chi connectivity index (χ2n) is 7.12. The molecule has 25 heavy (non-hydrogen) atoms. The second-order valence-corrected chi connectivity index (χ2v) is 9.83. The zero-order chi connectivity index (χ0) is 18.0. The standard InChI is InChI=1S/C18H26N2O3S2/c1-13(2)20-16-11-10-15(12-17(16)24-18(20)21)25(22,23)19-14-8-6-4-3-5-7-9-14/h10-14,19H,3-9H2,1-2H3. The first-order valence-corrected chi connectivity index (χ1v) is 11.4. The molecule has 0 spiro atoms. The lowest BCUT2D eigenvalue weighted by Gasteiger charge is -2.21. The summed E-state index contributed by atoms with van der Waals surface area (Å²) in [7, 11) is -3.56. The van der Waals surface area contributed by atoms with Crippen molar-refractivity contribution < 1.29 is 8.42 Å². The Kier molecular flexibility index (Phi) is 5.65. The molecular formula is C18H26N2O3S2. The molecule has 1 aliphatic rings. The predicted octanol–water partition coefficient (Wildman–Crippen LogP) is 4.04. The summed E-state index contributed by atoms with van der Waals surface area (Å²) >= 11 is 1.10. The highest BCUT2D eigenvalue weighted by Crippen LogP contribution is 2.25. The fraction of sp³-hybridized carbons (Fsp3) is 0.611. The average molecular weight is 383 g/mol. The topological polar surface area (TPSA) is 68.2 Å². The lowest BCUT2D eigenvalue weighted by Crippen LogP contribution is -2.35. The number of nitrogens with zero attached hydrogens (tertiary/aromatic N) is 1. The molecule has 7 heteroatoms. The minimum Gasteiger partial charge on any atom is -0.296 e. The molecule has 1 fully saturated rings. The molecule has 5 nitrogen and oxygen atoms in total. The van der Waals surface area contributed by atoms with Gasteiger partial charge in [-0.2, -0.15) is 0 Å². The Morgan fingerprint density at radius 1 is 1.12 bits per heavy atom. The number of hydrogen-bond acceptors (Lipinski definition) is 4. The van der Waals surface area contributed by atoms with Gasteiger partial charge in [-0.15, -0.1) is 0 Å². The molecule has 138 valence electrons. The summed E-state index contributed by atoms with van der Waals surface area (Å²) in [6, 6.07) is 5.06. The van der Waals surface area contributed by atoms with Crippen LogP contribution in [0.3, 0.4) is 0 Å². The fourth-order valence-corrected chi connectivity index (χ4v) is 5.99. The van der Waals surface area contributed by atoms with E-state index < -0.39 is 10.0 Å². The molecule has 2 aromatic rings. The van der Waals surface area contributed by atoms with Gasteiger partial charge in [-0.1, -0.05) is 43.4 Å². The third-order valence-corrected chi connectivity index (χ3v) is 7.27. The smallest absolute Gasteiger partial charge is 0.296 e. The van der Waals surface area contributed by atoms with Gasteiger partial charge in [0, 0.05) is 12.1 Å². The lowest BCUT2D eigenvalue weighted by molar-refractivity contribution is 0.426. The quantitative estimate of drug-likeness (QED) is 0.868. The van der Waals surface area contributed by atoms with Crippen molar-refractivity contribution in [3.63, 3.8) is 0 Å². The van der Waals surface area contributed by atoms with E-state index in [1.807, 2.05) is 13.8 Å². The van der Waals surface area contributed by atoms with E-state index in [9.17, 15) is 13.2 Å². The van der Waals surface area contributed by atoms with Crippen molar-refractivity contribution in [2.45, 2.75) is 75.8 Å². The second kappa shape index (κ2) is 7.60. The van der Waals surface area contributed by atoms with Crippen LogP contribution in [0.25, 0.3) is 10.2 Å². The van der Waals surface area contributed by atoms with Crippen LogP contribution in [0.4, 0.5) is 0 Å². The number of sulfonamides is 1. The summed E-state index contributed by atoms with van der Waals surface area (Å²) in [5.74, 6) is 0. The molecule has 1 aromatic carbocycles. The molecule has 3 rings (SSSR count). The van der Waals surface area contributed by atoms with Crippen LogP contribution >= 0.6 is 11.3 Å². The van der Waals surface area contributed by atoms with Gasteiger partial charge >= 0.3 is 4.87 Å². The zero-order valence-corrected chi connectivity index (χ0v) is 16.5. The molecule has 0 bridgehead atoms. The van der Waals surface area contributed by atoms with Gasteiger partial charge in [0.2, 0.25) is 10.0 Å². The summed E-state index contributed by atoms with van der Waals surface area (Å²) in [6.07, 6.45) is 7.57. The number of benzene rings is 1. The van der Waals surface area contributed by atoms with Crippen LogP contribution in [0.1, 0.15) is 64.8 Å². The highest BCUT2D eigenvalue weighted by atomic mass is 32.2. The van der Waals surface area contributed by atoms with E-state index in [0.29, 0.717) is 0 Å². The first kappa shape index (κ1) is 18.6. The van der Waals surface area contributed by atoms with Crippen LogP contribution in [0, 0.1) is 0 Å². The number of hydrogen-bond donors (Lipinski definition) is 1. The van der Waals surface area contributed by atoms with Gasteiger partial charge in [0.15, 0.2) is 0 Å². The van der Waals surface area contributed by atoms with Crippen LogP contribution in [-0.4, -0.2) is 19.0 Å². The first-order valence-electron chi connectivity index (χ1n) is 9.06. The Morgan fingerprint density at radius 3 is 2.40 bits per heavy atom. The molecular weight excluding hydrogens is 356 g/mol. The van der Waals surface area contributed by atoms with E-state index in [1.54, 1.807) is 22.8 Å². The molecule has 0 saturated heterocycles. The van der Waals surface area contributed by atoms with Gasteiger partial charge in [0.05, 0.1) is 15.1 Å². The van der Waals surface area contributed by atoms with Crippen molar-refractivity contribution >= 4 is 31.6 Å². The number of rotatable bonds is 4. The Morgan fingerprint density at radius 2 is 1.76 bits per heavy atom. The molecule has 0 atom stereocenters. The minimum atomic E-state index is -3.56. The van der Waals surface area contributed by atoms with Crippen LogP contribution in [0.15, 0.2) is 27.9 Å². The van der Waals surface area contributed by atoms with Crippen molar-refractivity contribution in [3.8, 4) is 0 Å². The van der Waals surface area contributed by atoms with Gasteiger partial charge in [0.1, 0.15) is 0 Å². The van der Waals surface area contributed by atoms with E-state index >= 15 is 0 Å². The highest BCUT2D eigenvalue weighted by molar-refractivity contribution is 7.89. The third-order valence-electron chi connectivity index (χ3n) is 4.84. The van der Waals surface area contributed by atoms with E-state index in [-0.39, 0.29) is 21.9 Å². The molecule has 1 saturated carbocycles. The zero-order valence-electron chi connectivity index (χ0n) is 14.8. The molecule has 1 aliphatic carbocycles. The molecule has 1 N–H and O–H groups in total. The SMILES string of the molecule is CC(C)n1c(=O)sc2cc(S(=O)(=O)NC3CCCCCCC3)ccc21. The number of aromatic nitrogens is 1. The van der Waals surface area contributed by atoms with E-state index in [0.717, 1.165) is 47.2 Å². The molecule has 1 heterocycles. The molecule has 1 aromatic heterocycles. The maximum absolute atomic E-state index is 12.8. The van der Waals surface area contributed by atoms with Crippen LogP contribution in [0.2, 0.25) is 0 Å². The van der Waals surface area contributed by atoms with Gasteiger partial charge in [-0.05, 0) is 44.9 Å². The summed E-state index contributed by atoms with van der Waals surface area (Å²) in [5, 5.41) is 0. The van der Waals surface area contributed by atoms with Crippen LogP contribution < -0.4 is 9.60 Å². The Hall–Kier alpha value is -1.18. The van der Waals surface area contributed by atoms with Crippen molar-refractivity contribution in [3.05, 3.63) is 27.9 Å². The Labute approximate surface area is 153 Å². The summed E-state index contributed by atoms with van der Waals surface area (Å²) < 4.78 is 30.9. The third kappa shape index (κ3) is 4.15. The largest absolute Gasteiger partial charge is 0.308 e. The summed E-state index contributed by atoms with van der Waals surface area (Å²) in [5.41, 5.74) is 0.801. The van der Waals surface area contributed by atoms with Gasteiger partial charge in [0.25, 0.3) is 0 Å². The number of fused-ring (bicyclic) bond motifs is 1. The lowest BCUT2D eigenvalue weighted by atomic mass is 9.97. The summed E-state index contributed by atoms with van der Waals surface area (Å²) in [4.78, 5) is 12.3. The van der Waals surface area contributed by atoms with Crippen molar-refractivity contribution in [1.29, 1.82) is 0 Å². The van der Waals surface area contributed by atoms with Gasteiger partial charge < -0.3 is 0 Å². The van der Waals surface area contributed by atoms with Crippen molar-refractivity contribution in [2.24, 2.45) is 0 Å². The van der Waals surface area contributed by atoms with E-state index in [2.05, 4.69) is 4.72 Å². The van der Waals surface area contributed by atoms with Crippen LogP contribution in [-0.2, 0) is 10.0 Å². The first-order chi connectivity index (χ1) is 11.9.